The van der Waals surface area contributed by atoms with E-state index in [0.29, 0.717) is 0 Å². The van der Waals surface area contributed by atoms with E-state index in [4.69, 9.17) is 10.8 Å². The lowest BCUT2D eigenvalue weighted by molar-refractivity contribution is -0.116. The van der Waals surface area contributed by atoms with Crippen LogP contribution in [0.5, 0.6) is 0 Å². The van der Waals surface area contributed by atoms with E-state index in [-0.39, 0.29) is 12.2 Å². The maximum atomic E-state index is 10.6. The Hall–Kier alpha value is -2.47. The number of primary amides is 1. The van der Waals surface area contributed by atoms with Crippen LogP contribution in [-0.2, 0) is 4.79 Å². The number of rotatable bonds is 2. The molecule has 0 aliphatic rings. The van der Waals surface area contributed by atoms with Gasteiger partial charge in [-0.3, -0.25) is 4.79 Å². The van der Waals surface area contributed by atoms with E-state index in [1.165, 1.54) is 0 Å². The number of aromatic carboxylic acids is 1. The summed E-state index contributed by atoms with van der Waals surface area (Å²) in [6.07, 6.45) is 1.57. The predicted molar refractivity (Wildman–Crippen MR) is 67.0 cm³/mol. The summed E-state index contributed by atoms with van der Waals surface area (Å²) in [5.74, 6) is -1.46. The van der Waals surface area contributed by atoms with Crippen molar-refractivity contribution in [2.45, 2.75) is 0 Å². The van der Waals surface area contributed by atoms with Gasteiger partial charge in [-0.15, -0.1) is 0 Å². The minimum atomic E-state index is -0.995. The van der Waals surface area contributed by atoms with Gasteiger partial charge in [-0.2, -0.15) is 0 Å². The molecule has 0 bridgehead atoms. The first-order chi connectivity index (χ1) is 8.54. The second kappa shape index (κ2) is 6.31. The molecule has 6 nitrogen and oxygen atoms in total. The van der Waals surface area contributed by atoms with Gasteiger partial charge in [0.2, 0.25) is 5.91 Å². The highest BCUT2D eigenvalue weighted by Crippen LogP contribution is 2.12. The van der Waals surface area contributed by atoms with Gasteiger partial charge in [0.1, 0.15) is 5.69 Å². The molecule has 1 aromatic heterocycles. The maximum Gasteiger partial charge on any atom is 0.354 e. The van der Waals surface area contributed by atoms with Gasteiger partial charge in [0.15, 0.2) is 0 Å². The number of carbonyl (C=O) groups excluding carboxylic acids is 1. The molecule has 2 rings (SSSR count). The van der Waals surface area contributed by atoms with E-state index in [1.54, 1.807) is 12.3 Å². The zero-order valence-corrected chi connectivity index (χ0v) is 9.54. The Bertz CT molecular complexity index is 569. The quantitative estimate of drug-likeness (QED) is 0.708. The number of hydrogen-bond acceptors (Lipinski definition) is 4. The highest BCUT2D eigenvalue weighted by Gasteiger charge is 2.03. The third-order valence-electron chi connectivity index (χ3n) is 2.05. The first-order valence-corrected chi connectivity index (χ1v) is 5.11. The monoisotopic (exact) mass is 247 g/mol. The maximum absolute atomic E-state index is 10.6. The van der Waals surface area contributed by atoms with Crippen molar-refractivity contribution in [3.05, 3.63) is 42.2 Å². The number of carbonyl (C=O) groups is 2. The number of aromatic nitrogens is 1. The van der Waals surface area contributed by atoms with Gasteiger partial charge in [-0.05, 0) is 11.5 Å². The average molecular weight is 247 g/mol. The third-order valence-corrected chi connectivity index (χ3v) is 2.05. The lowest BCUT2D eigenvalue weighted by Crippen LogP contribution is -2.21. The van der Waals surface area contributed by atoms with Crippen LogP contribution in [0.1, 0.15) is 10.5 Å². The number of amides is 1. The first kappa shape index (κ1) is 13.6. The Balaban J connectivity index is 0.000000280. The number of nitrogens with two attached hydrogens (primary N) is 2. The summed E-state index contributed by atoms with van der Waals surface area (Å²) in [6.45, 7) is -0.0556. The van der Waals surface area contributed by atoms with Crippen LogP contribution in [-0.4, -0.2) is 28.5 Å². The fourth-order valence-corrected chi connectivity index (χ4v) is 1.20. The number of benzene rings is 1. The normalized spacial score (nSPS) is 9.39. The molecule has 0 unspecified atom stereocenters. The molecular formula is C12H13N3O3. The van der Waals surface area contributed by atoms with E-state index in [0.717, 1.165) is 10.8 Å². The molecule has 0 spiro atoms. The minimum Gasteiger partial charge on any atom is -0.477 e. The van der Waals surface area contributed by atoms with E-state index in [9.17, 15) is 9.59 Å². The molecule has 1 aromatic carbocycles. The van der Waals surface area contributed by atoms with Gasteiger partial charge in [-0.25, -0.2) is 9.78 Å². The van der Waals surface area contributed by atoms with Gasteiger partial charge in [0.05, 0.1) is 6.54 Å². The molecule has 0 atom stereocenters. The largest absolute Gasteiger partial charge is 0.477 e. The molecule has 1 heterocycles. The Morgan fingerprint density at radius 2 is 1.78 bits per heavy atom. The molecule has 0 saturated heterocycles. The van der Waals surface area contributed by atoms with Crippen LogP contribution in [0.3, 0.4) is 0 Å². The molecule has 2 aromatic rings. The van der Waals surface area contributed by atoms with Crippen molar-refractivity contribution >= 4 is 22.6 Å². The molecule has 1 amide bonds. The highest BCUT2D eigenvalue weighted by atomic mass is 16.4. The summed E-state index contributed by atoms with van der Waals surface area (Å²) >= 11 is 0. The Morgan fingerprint density at radius 3 is 2.28 bits per heavy atom. The average Bonchev–Trinajstić information content (AvgIpc) is 2.38. The van der Waals surface area contributed by atoms with Gasteiger partial charge in [0.25, 0.3) is 0 Å². The summed E-state index contributed by atoms with van der Waals surface area (Å²) in [7, 11) is 0. The molecule has 0 radical (unpaired) electrons. The van der Waals surface area contributed by atoms with Crippen LogP contribution < -0.4 is 11.5 Å². The van der Waals surface area contributed by atoms with Gasteiger partial charge in [-0.1, -0.05) is 24.3 Å². The molecule has 6 heteroatoms. The fraction of sp³-hybridized carbons (Fsp3) is 0.0833. The van der Waals surface area contributed by atoms with E-state index in [1.807, 2.05) is 24.3 Å². The zero-order valence-electron chi connectivity index (χ0n) is 9.54. The number of fused-ring (bicyclic) bond motifs is 1. The number of carboxylic acids is 1. The summed E-state index contributed by atoms with van der Waals surface area (Å²) in [6, 6.07) is 9.09. The lowest BCUT2D eigenvalue weighted by Gasteiger charge is -1.97. The van der Waals surface area contributed by atoms with Crippen LogP contribution in [0.15, 0.2) is 36.5 Å². The summed E-state index contributed by atoms with van der Waals surface area (Å²) in [4.78, 5) is 23.9. The summed E-state index contributed by atoms with van der Waals surface area (Å²) in [5.41, 5.74) is 9.31. The summed E-state index contributed by atoms with van der Waals surface area (Å²) in [5, 5.41) is 10.5. The minimum absolute atomic E-state index is 0.0556. The predicted octanol–water partition coefficient (Wildman–Crippen LogP) is 0.363. The van der Waals surface area contributed by atoms with Crippen molar-refractivity contribution in [2.75, 3.05) is 6.54 Å². The second-order valence-corrected chi connectivity index (χ2v) is 3.39. The Kier molecular flexibility index (Phi) is 4.77. The lowest BCUT2D eigenvalue weighted by atomic mass is 10.1. The molecule has 5 N–H and O–H groups in total. The third kappa shape index (κ3) is 3.84. The highest BCUT2D eigenvalue weighted by molar-refractivity contribution is 5.91. The Labute approximate surface area is 103 Å². The number of nitrogens with zero attached hydrogens (tertiary/aromatic N) is 1. The number of pyridine rings is 1. The number of carboxylic acid groups (broad SMARTS) is 1. The van der Waals surface area contributed by atoms with E-state index < -0.39 is 11.9 Å². The standard InChI is InChI=1S/C10H7NO2.C2H6N2O/c12-10(13)9-5-7-3-1-2-4-8(7)6-11-9;3-1-2(4)5/h1-6H,(H,12,13);1,3H2,(H2,4,5). The second-order valence-electron chi connectivity index (χ2n) is 3.39. The van der Waals surface area contributed by atoms with Crippen molar-refractivity contribution in [2.24, 2.45) is 11.5 Å². The van der Waals surface area contributed by atoms with Crippen molar-refractivity contribution in [1.82, 2.24) is 4.98 Å². The smallest absolute Gasteiger partial charge is 0.354 e. The molecule has 94 valence electrons. The molecule has 18 heavy (non-hydrogen) atoms. The van der Waals surface area contributed by atoms with E-state index >= 15 is 0 Å². The van der Waals surface area contributed by atoms with Crippen molar-refractivity contribution in [3.63, 3.8) is 0 Å². The van der Waals surface area contributed by atoms with Crippen molar-refractivity contribution < 1.29 is 14.7 Å². The van der Waals surface area contributed by atoms with Crippen LogP contribution in [0.25, 0.3) is 10.8 Å². The van der Waals surface area contributed by atoms with Crippen LogP contribution >= 0.6 is 0 Å². The first-order valence-electron chi connectivity index (χ1n) is 5.11. The Morgan fingerprint density at radius 1 is 1.22 bits per heavy atom. The van der Waals surface area contributed by atoms with Gasteiger partial charge >= 0.3 is 5.97 Å². The fourth-order valence-electron chi connectivity index (χ4n) is 1.20. The van der Waals surface area contributed by atoms with Crippen molar-refractivity contribution in [3.8, 4) is 0 Å². The van der Waals surface area contributed by atoms with Gasteiger partial charge < -0.3 is 16.6 Å². The van der Waals surface area contributed by atoms with Crippen LogP contribution in [0, 0.1) is 0 Å². The van der Waals surface area contributed by atoms with E-state index in [2.05, 4.69) is 10.7 Å². The van der Waals surface area contributed by atoms with Crippen LogP contribution in [0.2, 0.25) is 0 Å². The topological polar surface area (TPSA) is 119 Å². The molecule has 0 saturated carbocycles. The number of hydrogen-bond donors (Lipinski definition) is 3. The molecule has 0 aliphatic carbocycles. The SMILES string of the molecule is NCC(N)=O.O=C(O)c1cc2ccccc2cn1. The zero-order chi connectivity index (χ0) is 13.5. The molecule has 0 fully saturated rings. The van der Waals surface area contributed by atoms with Crippen LogP contribution in [0.4, 0.5) is 0 Å². The van der Waals surface area contributed by atoms with Gasteiger partial charge in [0, 0.05) is 11.6 Å². The molecule has 0 aliphatic heterocycles. The van der Waals surface area contributed by atoms with Crippen molar-refractivity contribution in [1.29, 1.82) is 0 Å². The molecular weight excluding hydrogens is 234 g/mol. The summed E-state index contributed by atoms with van der Waals surface area (Å²) < 4.78 is 0.